The molecular formula is C22H28N8O4. The Hall–Kier alpha value is -3.38. The smallest absolute Gasteiger partial charge is 0.336 e. The number of tetrazole rings is 1. The number of carbonyl (C=O) groups is 2. The van der Waals surface area contributed by atoms with Gasteiger partial charge in [0.1, 0.15) is 12.9 Å². The lowest BCUT2D eigenvalue weighted by Crippen LogP contribution is -2.47. The molecule has 12 heteroatoms. The van der Waals surface area contributed by atoms with Crippen molar-refractivity contribution in [1.82, 2.24) is 39.9 Å². The molecular weight excluding hydrogens is 440 g/mol. The number of esters is 1. The molecule has 5 rings (SSSR count). The molecule has 0 aliphatic carbocycles. The molecule has 3 aliphatic heterocycles. The number of ether oxygens (including phenoxy) is 2. The van der Waals surface area contributed by atoms with Crippen LogP contribution in [0.15, 0.2) is 35.9 Å². The molecule has 2 saturated heterocycles. The predicted molar refractivity (Wildman–Crippen MR) is 119 cm³/mol. The summed E-state index contributed by atoms with van der Waals surface area (Å²) < 4.78 is 12.3. The van der Waals surface area contributed by atoms with Gasteiger partial charge in [0.15, 0.2) is 5.82 Å². The molecule has 2 aromatic heterocycles. The molecule has 0 bridgehead atoms. The van der Waals surface area contributed by atoms with Crippen molar-refractivity contribution in [3.63, 3.8) is 0 Å². The highest BCUT2D eigenvalue weighted by molar-refractivity contribution is 5.92. The number of pyridine rings is 1. The summed E-state index contributed by atoms with van der Waals surface area (Å²) in [5.74, 6) is 0.315. The first-order valence-corrected chi connectivity index (χ1v) is 11.4. The van der Waals surface area contributed by atoms with Gasteiger partial charge in [-0.15, -0.1) is 5.10 Å². The Labute approximate surface area is 197 Å². The second-order valence-electron chi connectivity index (χ2n) is 8.74. The summed E-state index contributed by atoms with van der Waals surface area (Å²) in [6.45, 7) is 5.70. The van der Waals surface area contributed by atoms with Crippen LogP contribution in [0.4, 0.5) is 4.79 Å². The summed E-state index contributed by atoms with van der Waals surface area (Å²) in [4.78, 5) is 35.2. The Morgan fingerprint density at radius 2 is 2.00 bits per heavy atom. The van der Waals surface area contributed by atoms with Crippen molar-refractivity contribution in [3.8, 4) is 5.82 Å². The zero-order chi connectivity index (χ0) is 23.7. The number of methoxy groups -OCH3 is 1. The number of cyclic esters (lactones) is 1. The number of carbonyl (C=O) groups excluding carboxylic acids is 2. The van der Waals surface area contributed by atoms with E-state index < -0.39 is 0 Å². The van der Waals surface area contributed by atoms with Crippen molar-refractivity contribution in [2.24, 2.45) is 0 Å². The Kier molecular flexibility index (Phi) is 6.24. The monoisotopic (exact) mass is 468 g/mol. The fraction of sp³-hybridized carbons (Fsp3) is 0.545. The first-order valence-electron chi connectivity index (χ1n) is 11.4. The number of likely N-dealkylation sites (tertiary alicyclic amines) is 1. The van der Waals surface area contributed by atoms with Crippen molar-refractivity contribution >= 4 is 12.0 Å². The molecule has 2 amide bonds. The highest BCUT2D eigenvalue weighted by Gasteiger charge is 2.39. The van der Waals surface area contributed by atoms with Crippen LogP contribution in [-0.4, -0.2) is 104 Å². The molecule has 0 radical (unpaired) electrons. The number of hydrogen-bond donors (Lipinski definition) is 0. The van der Waals surface area contributed by atoms with Gasteiger partial charge in [-0.25, -0.2) is 14.6 Å². The van der Waals surface area contributed by atoms with E-state index in [1.54, 1.807) is 25.1 Å². The van der Waals surface area contributed by atoms with Crippen LogP contribution in [0.2, 0.25) is 0 Å². The Morgan fingerprint density at radius 3 is 2.62 bits per heavy atom. The lowest BCUT2D eigenvalue weighted by Gasteiger charge is -2.37. The normalized spacial score (nSPS) is 21.0. The molecule has 1 atom stereocenters. The van der Waals surface area contributed by atoms with E-state index in [1.807, 2.05) is 17.0 Å². The fourth-order valence-corrected chi connectivity index (χ4v) is 4.85. The van der Waals surface area contributed by atoms with Crippen molar-refractivity contribution in [3.05, 3.63) is 41.5 Å². The molecule has 0 spiro atoms. The quantitative estimate of drug-likeness (QED) is 0.543. The van der Waals surface area contributed by atoms with Gasteiger partial charge in [-0.05, 0) is 36.3 Å². The van der Waals surface area contributed by atoms with Gasteiger partial charge in [0, 0.05) is 57.6 Å². The van der Waals surface area contributed by atoms with E-state index in [9.17, 15) is 9.59 Å². The number of rotatable bonds is 7. The van der Waals surface area contributed by atoms with Crippen LogP contribution in [-0.2, 0) is 14.3 Å². The fourth-order valence-electron chi connectivity index (χ4n) is 4.85. The second-order valence-corrected chi connectivity index (χ2v) is 8.74. The van der Waals surface area contributed by atoms with Crippen LogP contribution in [0, 0.1) is 0 Å². The van der Waals surface area contributed by atoms with Gasteiger partial charge in [0.2, 0.25) is 0 Å². The van der Waals surface area contributed by atoms with Crippen LogP contribution < -0.4 is 0 Å². The Bertz CT molecular complexity index is 1060. The minimum Gasteiger partial charge on any atom is -0.456 e. The zero-order valence-electron chi connectivity index (χ0n) is 19.3. The molecule has 3 aliphatic rings. The van der Waals surface area contributed by atoms with E-state index in [1.165, 1.54) is 11.0 Å². The van der Waals surface area contributed by atoms with Crippen LogP contribution >= 0.6 is 0 Å². The van der Waals surface area contributed by atoms with Crippen molar-refractivity contribution in [1.29, 1.82) is 0 Å². The average Bonchev–Trinajstić information content (AvgIpc) is 3.60. The number of aromatic nitrogens is 5. The van der Waals surface area contributed by atoms with Gasteiger partial charge in [-0.1, -0.05) is 6.07 Å². The largest absolute Gasteiger partial charge is 0.456 e. The minimum absolute atomic E-state index is 0.0189. The lowest BCUT2D eigenvalue weighted by molar-refractivity contribution is -0.136. The SMILES string of the molecule is COC(CN1CCC(N2CCN(C3=C(C)C(=O)OC3)C2=O)CC1)c1ccc(-n2cnnn2)nc1. The summed E-state index contributed by atoms with van der Waals surface area (Å²) in [6.07, 6.45) is 5.00. The highest BCUT2D eigenvalue weighted by atomic mass is 16.5. The Balaban J connectivity index is 1.15. The lowest BCUT2D eigenvalue weighted by atomic mass is 10.0. The van der Waals surface area contributed by atoms with Crippen molar-refractivity contribution in [2.45, 2.75) is 31.9 Å². The third kappa shape index (κ3) is 4.26. The topological polar surface area (TPSA) is 119 Å². The molecule has 0 N–H and O–H groups in total. The second kappa shape index (κ2) is 9.47. The van der Waals surface area contributed by atoms with Gasteiger partial charge in [-0.3, -0.25) is 4.90 Å². The van der Waals surface area contributed by atoms with Crippen LogP contribution in [0.5, 0.6) is 0 Å². The number of nitrogens with zero attached hydrogens (tertiary/aromatic N) is 8. The van der Waals surface area contributed by atoms with E-state index in [2.05, 4.69) is 25.4 Å². The van der Waals surface area contributed by atoms with Crippen LogP contribution in [0.3, 0.4) is 0 Å². The highest BCUT2D eigenvalue weighted by Crippen LogP contribution is 2.28. The maximum Gasteiger partial charge on any atom is 0.336 e. The van der Waals surface area contributed by atoms with E-state index in [0.717, 1.165) is 38.0 Å². The average molecular weight is 469 g/mol. The first kappa shape index (κ1) is 22.4. The molecule has 0 aromatic carbocycles. The molecule has 2 aromatic rings. The van der Waals surface area contributed by atoms with Gasteiger partial charge in [0.05, 0.1) is 17.4 Å². The summed E-state index contributed by atoms with van der Waals surface area (Å²) in [7, 11) is 1.71. The summed E-state index contributed by atoms with van der Waals surface area (Å²) >= 11 is 0. The molecule has 12 nitrogen and oxygen atoms in total. The van der Waals surface area contributed by atoms with E-state index >= 15 is 0 Å². The van der Waals surface area contributed by atoms with Crippen LogP contribution in [0.25, 0.3) is 5.82 Å². The first-order chi connectivity index (χ1) is 16.5. The van der Waals surface area contributed by atoms with E-state index in [0.29, 0.717) is 30.2 Å². The maximum atomic E-state index is 13.0. The van der Waals surface area contributed by atoms with Crippen molar-refractivity contribution in [2.75, 3.05) is 46.4 Å². The molecule has 1 unspecified atom stereocenters. The van der Waals surface area contributed by atoms with Gasteiger partial charge in [0.25, 0.3) is 0 Å². The molecule has 2 fully saturated rings. The van der Waals surface area contributed by atoms with Crippen LogP contribution in [0.1, 0.15) is 31.4 Å². The maximum absolute atomic E-state index is 13.0. The zero-order valence-corrected chi connectivity index (χ0v) is 19.3. The third-order valence-corrected chi connectivity index (χ3v) is 6.88. The summed E-state index contributed by atoms with van der Waals surface area (Å²) in [5.41, 5.74) is 2.23. The van der Waals surface area contributed by atoms with Gasteiger partial charge in [-0.2, -0.15) is 4.68 Å². The predicted octanol–water partition coefficient (Wildman–Crippen LogP) is 0.778. The Morgan fingerprint density at radius 1 is 1.18 bits per heavy atom. The van der Waals surface area contributed by atoms with E-state index in [-0.39, 0.29) is 30.8 Å². The minimum atomic E-state index is -0.331. The standard InChI is InChI=1S/C22H28N8O4/c1-15-18(13-34-21(15)31)29-10-9-28(22(29)32)17-5-7-27(8-6-17)12-19(33-2)16-3-4-20(23-11-16)30-14-24-25-26-30/h3-4,11,14,17,19H,5-10,12-13H2,1-2H3. The number of urea groups is 1. The molecule has 5 heterocycles. The molecule has 0 saturated carbocycles. The number of hydrogen-bond acceptors (Lipinski definition) is 9. The molecule has 180 valence electrons. The van der Waals surface area contributed by atoms with Gasteiger partial charge >= 0.3 is 12.0 Å². The summed E-state index contributed by atoms with van der Waals surface area (Å²) in [6, 6.07) is 4.03. The third-order valence-electron chi connectivity index (χ3n) is 6.88. The molecule has 34 heavy (non-hydrogen) atoms. The van der Waals surface area contributed by atoms with Gasteiger partial charge < -0.3 is 19.3 Å². The summed E-state index contributed by atoms with van der Waals surface area (Å²) in [5, 5.41) is 11.1. The van der Waals surface area contributed by atoms with E-state index in [4.69, 9.17) is 9.47 Å². The van der Waals surface area contributed by atoms with Crippen molar-refractivity contribution < 1.29 is 19.1 Å². The number of piperidine rings is 1. The number of amides is 2.